The first-order chi connectivity index (χ1) is 10.9. The Labute approximate surface area is 137 Å². The van der Waals surface area contributed by atoms with E-state index in [0.29, 0.717) is 29.6 Å². The van der Waals surface area contributed by atoms with Gasteiger partial charge in [0.15, 0.2) is 18.1 Å². The third kappa shape index (κ3) is 5.81. The SMILES string of the molecule is CCOc1cc(C(=O)OCC(=O)N[C@H](C)C(C)C)ccc1OC. The maximum absolute atomic E-state index is 12.0. The van der Waals surface area contributed by atoms with Crippen molar-refractivity contribution in [3.63, 3.8) is 0 Å². The summed E-state index contributed by atoms with van der Waals surface area (Å²) in [5.41, 5.74) is 0.305. The predicted octanol–water partition coefficient (Wildman–Crippen LogP) is 2.41. The lowest BCUT2D eigenvalue weighted by molar-refractivity contribution is -0.125. The van der Waals surface area contributed by atoms with E-state index in [2.05, 4.69) is 5.32 Å². The molecule has 0 aliphatic carbocycles. The van der Waals surface area contributed by atoms with Crippen LogP contribution in [0.4, 0.5) is 0 Å². The van der Waals surface area contributed by atoms with Crippen molar-refractivity contribution in [2.75, 3.05) is 20.3 Å². The highest BCUT2D eigenvalue weighted by molar-refractivity contribution is 5.92. The molecule has 0 saturated heterocycles. The van der Waals surface area contributed by atoms with E-state index < -0.39 is 5.97 Å². The molecule has 1 N–H and O–H groups in total. The Morgan fingerprint density at radius 2 is 1.87 bits per heavy atom. The van der Waals surface area contributed by atoms with Crippen molar-refractivity contribution in [2.24, 2.45) is 5.92 Å². The average Bonchev–Trinajstić information content (AvgIpc) is 2.52. The highest BCUT2D eigenvalue weighted by Gasteiger charge is 2.15. The van der Waals surface area contributed by atoms with Gasteiger partial charge in [-0.2, -0.15) is 0 Å². The Kier molecular flexibility index (Phi) is 7.38. The lowest BCUT2D eigenvalue weighted by Gasteiger charge is -2.17. The molecular weight excluding hydrogens is 298 g/mol. The molecule has 1 rings (SSSR count). The van der Waals surface area contributed by atoms with Gasteiger partial charge >= 0.3 is 5.97 Å². The van der Waals surface area contributed by atoms with Gasteiger partial charge in [0.2, 0.25) is 0 Å². The Morgan fingerprint density at radius 1 is 1.17 bits per heavy atom. The van der Waals surface area contributed by atoms with Gasteiger partial charge in [-0.05, 0) is 38.0 Å². The van der Waals surface area contributed by atoms with Crippen LogP contribution < -0.4 is 14.8 Å². The molecule has 6 heteroatoms. The van der Waals surface area contributed by atoms with Crippen molar-refractivity contribution in [3.05, 3.63) is 23.8 Å². The van der Waals surface area contributed by atoms with Crippen molar-refractivity contribution >= 4 is 11.9 Å². The normalized spacial score (nSPS) is 11.7. The topological polar surface area (TPSA) is 73.9 Å². The summed E-state index contributed by atoms with van der Waals surface area (Å²) in [6.07, 6.45) is 0. The number of rotatable bonds is 8. The van der Waals surface area contributed by atoms with Crippen LogP contribution in [-0.2, 0) is 9.53 Å². The fraction of sp³-hybridized carbons (Fsp3) is 0.529. The number of hydrogen-bond donors (Lipinski definition) is 1. The van der Waals surface area contributed by atoms with E-state index in [-0.39, 0.29) is 18.6 Å². The second kappa shape index (κ2) is 9.02. The van der Waals surface area contributed by atoms with Gasteiger partial charge in [-0.3, -0.25) is 4.79 Å². The van der Waals surface area contributed by atoms with E-state index in [9.17, 15) is 9.59 Å². The van der Waals surface area contributed by atoms with Gasteiger partial charge in [-0.15, -0.1) is 0 Å². The molecule has 0 unspecified atom stereocenters. The van der Waals surface area contributed by atoms with Crippen LogP contribution in [0, 0.1) is 5.92 Å². The van der Waals surface area contributed by atoms with Gasteiger partial charge in [-0.1, -0.05) is 13.8 Å². The van der Waals surface area contributed by atoms with Crippen LogP contribution in [0.2, 0.25) is 0 Å². The third-order valence-electron chi connectivity index (χ3n) is 3.42. The summed E-state index contributed by atoms with van der Waals surface area (Å²) in [7, 11) is 1.52. The van der Waals surface area contributed by atoms with Crippen LogP contribution in [0.5, 0.6) is 11.5 Å². The minimum atomic E-state index is -0.582. The van der Waals surface area contributed by atoms with Crippen LogP contribution in [0.15, 0.2) is 18.2 Å². The molecule has 0 fully saturated rings. The summed E-state index contributed by atoms with van der Waals surface area (Å²) in [6.45, 7) is 7.89. The Balaban J connectivity index is 2.64. The molecule has 0 radical (unpaired) electrons. The number of benzene rings is 1. The molecule has 1 aromatic rings. The quantitative estimate of drug-likeness (QED) is 0.744. The van der Waals surface area contributed by atoms with E-state index in [1.54, 1.807) is 18.2 Å². The second-order valence-corrected chi connectivity index (χ2v) is 5.47. The van der Waals surface area contributed by atoms with E-state index in [4.69, 9.17) is 14.2 Å². The number of nitrogens with one attached hydrogen (secondary N) is 1. The molecular formula is C17H25NO5. The van der Waals surface area contributed by atoms with Gasteiger partial charge in [0.1, 0.15) is 0 Å². The predicted molar refractivity (Wildman–Crippen MR) is 86.9 cm³/mol. The number of esters is 1. The summed E-state index contributed by atoms with van der Waals surface area (Å²) in [5, 5.41) is 2.78. The van der Waals surface area contributed by atoms with Crippen molar-refractivity contribution in [1.29, 1.82) is 0 Å². The molecule has 1 amide bonds. The third-order valence-corrected chi connectivity index (χ3v) is 3.42. The maximum atomic E-state index is 12.0. The fourth-order valence-corrected chi connectivity index (χ4v) is 1.75. The molecule has 1 atom stereocenters. The summed E-state index contributed by atoms with van der Waals surface area (Å²) >= 11 is 0. The van der Waals surface area contributed by atoms with E-state index in [1.165, 1.54) is 7.11 Å². The van der Waals surface area contributed by atoms with Gasteiger partial charge in [0, 0.05) is 6.04 Å². The first kappa shape index (κ1) is 18.8. The molecule has 0 spiro atoms. The largest absolute Gasteiger partial charge is 0.493 e. The van der Waals surface area contributed by atoms with Gasteiger partial charge in [0.25, 0.3) is 5.91 Å². The first-order valence-electron chi connectivity index (χ1n) is 7.66. The fourth-order valence-electron chi connectivity index (χ4n) is 1.75. The van der Waals surface area contributed by atoms with Crippen LogP contribution in [0.1, 0.15) is 38.1 Å². The molecule has 0 saturated carbocycles. The number of hydrogen-bond acceptors (Lipinski definition) is 5. The van der Waals surface area contributed by atoms with Crippen LogP contribution in [-0.4, -0.2) is 38.2 Å². The molecule has 0 aliphatic rings. The average molecular weight is 323 g/mol. The molecule has 0 bridgehead atoms. The lowest BCUT2D eigenvalue weighted by atomic mass is 10.1. The maximum Gasteiger partial charge on any atom is 0.338 e. The first-order valence-corrected chi connectivity index (χ1v) is 7.66. The number of ether oxygens (including phenoxy) is 3. The van der Waals surface area contributed by atoms with E-state index in [0.717, 1.165) is 0 Å². The molecule has 23 heavy (non-hydrogen) atoms. The van der Waals surface area contributed by atoms with Gasteiger partial charge in [-0.25, -0.2) is 4.79 Å². The Bertz CT molecular complexity index is 542. The summed E-state index contributed by atoms with van der Waals surface area (Å²) < 4.78 is 15.6. The smallest absolute Gasteiger partial charge is 0.338 e. The minimum absolute atomic E-state index is 0.0201. The zero-order valence-electron chi connectivity index (χ0n) is 14.3. The standard InChI is InChI=1S/C17H25NO5/c1-6-22-15-9-13(7-8-14(15)21-5)17(20)23-10-16(19)18-12(4)11(2)3/h7-9,11-12H,6,10H2,1-5H3,(H,18,19)/t12-/m1/s1. The number of carbonyl (C=O) groups is 2. The molecule has 0 heterocycles. The van der Waals surface area contributed by atoms with E-state index in [1.807, 2.05) is 27.7 Å². The second-order valence-electron chi connectivity index (χ2n) is 5.47. The lowest BCUT2D eigenvalue weighted by Crippen LogP contribution is -2.38. The highest BCUT2D eigenvalue weighted by atomic mass is 16.5. The number of carbonyl (C=O) groups excluding carboxylic acids is 2. The molecule has 6 nitrogen and oxygen atoms in total. The molecule has 0 aliphatic heterocycles. The zero-order chi connectivity index (χ0) is 17.4. The van der Waals surface area contributed by atoms with Gasteiger partial charge in [0.05, 0.1) is 19.3 Å². The molecule has 0 aromatic heterocycles. The monoisotopic (exact) mass is 323 g/mol. The van der Waals surface area contributed by atoms with Crippen LogP contribution in [0.3, 0.4) is 0 Å². The highest BCUT2D eigenvalue weighted by Crippen LogP contribution is 2.28. The Hall–Kier alpha value is -2.24. The number of amides is 1. The number of methoxy groups -OCH3 is 1. The zero-order valence-corrected chi connectivity index (χ0v) is 14.3. The van der Waals surface area contributed by atoms with Crippen molar-refractivity contribution in [2.45, 2.75) is 33.7 Å². The summed E-state index contributed by atoms with van der Waals surface area (Å²) in [5.74, 6) is 0.401. The molecule has 1 aromatic carbocycles. The summed E-state index contributed by atoms with van der Waals surface area (Å²) in [6, 6.07) is 4.76. The summed E-state index contributed by atoms with van der Waals surface area (Å²) in [4.78, 5) is 23.8. The minimum Gasteiger partial charge on any atom is -0.493 e. The van der Waals surface area contributed by atoms with E-state index >= 15 is 0 Å². The van der Waals surface area contributed by atoms with Gasteiger partial charge < -0.3 is 19.5 Å². The van der Waals surface area contributed by atoms with Crippen LogP contribution >= 0.6 is 0 Å². The van der Waals surface area contributed by atoms with Crippen molar-refractivity contribution < 1.29 is 23.8 Å². The Morgan fingerprint density at radius 3 is 2.43 bits per heavy atom. The van der Waals surface area contributed by atoms with Crippen molar-refractivity contribution in [3.8, 4) is 11.5 Å². The van der Waals surface area contributed by atoms with Crippen LogP contribution in [0.25, 0.3) is 0 Å². The molecule has 128 valence electrons. The van der Waals surface area contributed by atoms with Crippen molar-refractivity contribution in [1.82, 2.24) is 5.32 Å².